The molecule has 72 valence electrons. The highest BCUT2D eigenvalue weighted by atomic mass is 16.5. The van der Waals surface area contributed by atoms with Crippen LogP contribution in [0.3, 0.4) is 0 Å². The van der Waals surface area contributed by atoms with Gasteiger partial charge in [-0.05, 0) is 6.07 Å². The molecule has 0 aliphatic carbocycles. The van der Waals surface area contributed by atoms with E-state index >= 15 is 0 Å². The standard InChI is InChI=1S/C9H14N2O2/c1-12-8-4-3-7(6-11-10)9(5-8)13-2/h3-5,11H,6,10H2,1-2H3. The Balaban J connectivity index is 2.93. The SMILES string of the molecule is COc1ccc(CNN)c(OC)c1. The maximum atomic E-state index is 5.22. The van der Waals surface area contributed by atoms with E-state index < -0.39 is 0 Å². The molecule has 0 aliphatic rings. The maximum Gasteiger partial charge on any atom is 0.127 e. The summed E-state index contributed by atoms with van der Waals surface area (Å²) in [5, 5.41) is 0. The van der Waals surface area contributed by atoms with Gasteiger partial charge in [0, 0.05) is 18.2 Å². The lowest BCUT2D eigenvalue weighted by molar-refractivity contribution is 0.390. The second kappa shape index (κ2) is 4.69. The van der Waals surface area contributed by atoms with Gasteiger partial charge in [0.15, 0.2) is 0 Å². The van der Waals surface area contributed by atoms with E-state index in [1.807, 2.05) is 18.2 Å². The molecule has 0 atom stereocenters. The fraction of sp³-hybridized carbons (Fsp3) is 0.333. The van der Waals surface area contributed by atoms with Crippen LogP contribution in [0.25, 0.3) is 0 Å². The van der Waals surface area contributed by atoms with Crippen molar-refractivity contribution in [3.63, 3.8) is 0 Å². The number of ether oxygens (including phenoxy) is 2. The van der Waals surface area contributed by atoms with Crippen LogP contribution in [0, 0.1) is 0 Å². The van der Waals surface area contributed by atoms with Crippen LogP contribution in [0.1, 0.15) is 5.56 Å². The molecule has 0 radical (unpaired) electrons. The fourth-order valence-electron chi connectivity index (χ4n) is 1.11. The number of nitrogens with two attached hydrogens (primary N) is 1. The quantitative estimate of drug-likeness (QED) is 0.530. The molecule has 0 unspecified atom stereocenters. The molecule has 0 saturated carbocycles. The Morgan fingerprint density at radius 1 is 1.31 bits per heavy atom. The van der Waals surface area contributed by atoms with Gasteiger partial charge in [-0.15, -0.1) is 0 Å². The molecule has 1 aromatic carbocycles. The minimum absolute atomic E-state index is 0.577. The predicted octanol–water partition coefficient (Wildman–Crippen LogP) is 0.667. The molecule has 0 aromatic heterocycles. The van der Waals surface area contributed by atoms with Crippen LogP contribution in [-0.2, 0) is 6.54 Å². The molecule has 1 rings (SSSR count). The summed E-state index contributed by atoms with van der Waals surface area (Å²) in [5.74, 6) is 6.77. The molecule has 0 bridgehead atoms. The zero-order chi connectivity index (χ0) is 9.68. The first-order chi connectivity index (χ1) is 6.31. The van der Waals surface area contributed by atoms with E-state index in [9.17, 15) is 0 Å². The van der Waals surface area contributed by atoms with Crippen LogP contribution in [-0.4, -0.2) is 14.2 Å². The molecule has 0 amide bonds. The molecule has 0 aliphatic heterocycles. The Labute approximate surface area is 77.6 Å². The van der Waals surface area contributed by atoms with Gasteiger partial charge in [-0.25, -0.2) is 0 Å². The Morgan fingerprint density at radius 3 is 2.62 bits per heavy atom. The average Bonchev–Trinajstić information content (AvgIpc) is 2.19. The van der Waals surface area contributed by atoms with E-state index in [1.165, 1.54) is 0 Å². The number of hydrogen-bond donors (Lipinski definition) is 2. The topological polar surface area (TPSA) is 56.5 Å². The Bertz CT molecular complexity index is 276. The lowest BCUT2D eigenvalue weighted by Crippen LogP contribution is -2.21. The first kappa shape index (κ1) is 9.83. The smallest absolute Gasteiger partial charge is 0.127 e. The number of benzene rings is 1. The van der Waals surface area contributed by atoms with Gasteiger partial charge in [-0.3, -0.25) is 11.3 Å². The Kier molecular flexibility index (Phi) is 3.54. The van der Waals surface area contributed by atoms with Gasteiger partial charge in [-0.1, -0.05) is 6.07 Å². The third-order valence-electron chi connectivity index (χ3n) is 1.79. The molecule has 1 aromatic rings. The highest BCUT2D eigenvalue weighted by Gasteiger charge is 2.03. The Hall–Kier alpha value is -1.26. The lowest BCUT2D eigenvalue weighted by Gasteiger charge is -2.09. The van der Waals surface area contributed by atoms with Gasteiger partial charge in [0.2, 0.25) is 0 Å². The van der Waals surface area contributed by atoms with Crippen molar-refractivity contribution in [2.45, 2.75) is 6.54 Å². The molecular weight excluding hydrogens is 168 g/mol. The minimum atomic E-state index is 0.577. The van der Waals surface area contributed by atoms with Crippen LogP contribution >= 0.6 is 0 Å². The molecule has 0 spiro atoms. The number of methoxy groups -OCH3 is 2. The fourth-order valence-corrected chi connectivity index (χ4v) is 1.11. The third-order valence-corrected chi connectivity index (χ3v) is 1.79. The highest BCUT2D eigenvalue weighted by Crippen LogP contribution is 2.23. The van der Waals surface area contributed by atoms with Crippen molar-refractivity contribution >= 4 is 0 Å². The Morgan fingerprint density at radius 2 is 2.08 bits per heavy atom. The van der Waals surface area contributed by atoms with Gasteiger partial charge < -0.3 is 9.47 Å². The molecular formula is C9H14N2O2. The second-order valence-corrected chi connectivity index (χ2v) is 2.56. The van der Waals surface area contributed by atoms with Gasteiger partial charge in [0.05, 0.1) is 14.2 Å². The molecule has 0 saturated heterocycles. The van der Waals surface area contributed by atoms with E-state index in [0.717, 1.165) is 17.1 Å². The lowest BCUT2D eigenvalue weighted by atomic mass is 10.2. The summed E-state index contributed by atoms with van der Waals surface area (Å²) in [4.78, 5) is 0. The molecule has 4 heteroatoms. The van der Waals surface area contributed by atoms with Gasteiger partial charge >= 0.3 is 0 Å². The molecule has 4 nitrogen and oxygen atoms in total. The van der Waals surface area contributed by atoms with Crippen molar-refractivity contribution in [2.75, 3.05) is 14.2 Å². The van der Waals surface area contributed by atoms with Crippen LogP contribution < -0.4 is 20.7 Å². The largest absolute Gasteiger partial charge is 0.497 e. The van der Waals surface area contributed by atoms with Gasteiger partial charge in [0.1, 0.15) is 11.5 Å². The van der Waals surface area contributed by atoms with E-state index in [-0.39, 0.29) is 0 Å². The molecule has 13 heavy (non-hydrogen) atoms. The second-order valence-electron chi connectivity index (χ2n) is 2.56. The zero-order valence-corrected chi connectivity index (χ0v) is 7.83. The summed E-state index contributed by atoms with van der Waals surface area (Å²) in [6.07, 6.45) is 0. The summed E-state index contributed by atoms with van der Waals surface area (Å²) in [5.41, 5.74) is 3.58. The van der Waals surface area contributed by atoms with Crippen LogP contribution in [0.15, 0.2) is 18.2 Å². The predicted molar refractivity (Wildman–Crippen MR) is 50.6 cm³/mol. The molecule has 0 heterocycles. The van der Waals surface area contributed by atoms with Crippen LogP contribution in [0.5, 0.6) is 11.5 Å². The van der Waals surface area contributed by atoms with Crippen molar-refractivity contribution < 1.29 is 9.47 Å². The monoisotopic (exact) mass is 182 g/mol. The van der Waals surface area contributed by atoms with Gasteiger partial charge in [-0.2, -0.15) is 0 Å². The van der Waals surface area contributed by atoms with Crippen LogP contribution in [0.2, 0.25) is 0 Å². The maximum absolute atomic E-state index is 5.22. The highest BCUT2D eigenvalue weighted by molar-refractivity contribution is 5.40. The third kappa shape index (κ3) is 2.34. The van der Waals surface area contributed by atoms with E-state index in [4.69, 9.17) is 15.3 Å². The van der Waals surface area contributed by atoms with E-state index in [0.29, 0.717) is 6.54 Å². The van der Waals surface area contributed by atoms with Crippen molar-refractivity contribution in [3.05, 3.63) is 23.8 Å². The summed E-state index contributed by atoms with van der Waals surface area (Å²) < 4.78 is 10.2. The van der Waals surface area contributed by atoms with Crippen molar-refractivity contribution in [1.29, 1.82) is 0 Å². The minimum Gasteiger partial charge on any atom is -0.497 e. The summed E-state index contributed by atoms with van der Waals surface area (Å²) in [6.45, 7) is 0.577. The first-order valence-corrected chi connectivity index (χ1v) is 3.96. The number of rotatable bonds is 4. The number of hydrazine groups is 1. The van der Waals surface area contributed by atoms with Crippen molar-refractivity contribution in [2.24, 2.45) is 5.84 Å². The van der Waals surface area contributed by atoms with E-state index in [2.05, 4.69) is 5.43 Å². The summed E-state index contributed by atoms with van der Waals surface area (Å²) >= 11 is 0. The molecule has 0 fully saturated rings. The summed E-state index contributed by atoms with van der Waals surface area (Å²) in [6, 6.07) is 5.61. The number of nitrogens with one attached hydrogen (secondary N) is 1. The first-order valence-electron chi connectivity index (χ1n) is 3.96. The van der Waals surface area contributed by atoms with E-state index in [1.54, 1.807) is 14.2 Å². The normalized spacial score (nSPS) is 9.77. The average molecular weight is 182 g/mol. The number of hydrogen-bond acceptors (Lipinski definition) is 4. The summed E-state index contributed by atoms with van der Waals surface area (Å²) in [7, 11) is 3.24. The van der Waals surface area contributed by atoms with Gasteiger partial charge in [0.25, 0.3) is 0 Å². The van der Waals surface area contributed by atoms with Crippen LogP contribution in [0.4, 0.5) is 0 Å². The van der Waals surface area contributed by atoms with Crippen molar-refractivity contribution in [1.82, 2.24) is 5.43 Å². The zero-order valence-electron chi connectivity index (χ0n) is 7.83. The van der Waals surface area contributed by atoms with Crippen molar-refractivity contribution in [3.8, 4) is 11.5 Å². The molecule has 3 N–H and O–H groups in total.